The van der Waals surface area contributed by atoms with Crippen LogP contribution in [0.4, 0.5) is 5.69 Å². The molecule has 2 rings (SSSR count). The predicted molar refractivity (Wildman–Crippen MR) is 56.0 cm³/mol. The predicted octanol–water partition coefficient (Wildman–Crippen LogP) is 3.45. The van der Waals surface area contributed by atoms with Gasteiger partial charge < -0.3 is 5.73 Å². The molecule has 0 atom stereocenters. The van der Waals surface area contributed by atoms with Gasteiger partial charge in [0, 0.05) is 15.0 Å². The quantitative estimate of drug-likeness (QED) is 0.688. The van der Waals surface area contributed by atoms with Gasteiger partial charge in [-0.25, -0.2) is 0 Å². The molecular formula is C9H8ClNS. The van der Waals surface area contributed by atoms with E-state index >= 15 is 0 Å². The van der Waals surface area contributed by atoms with Crippen LogP contribution in [0.15, 0.2) is 18.2 Å². The normalized spacial score (nSPS) is 10.8. The van der Waals surface area contributed by atoms with Crippen molar-refractivity contribution >= 4 is 38.7 Å². The van der Waals surface area contributed by atoms with Gasteiger partial charge in [0.25, 0.3) is 0 Å². The summed E-state index contributed by atoms with van der Waals surface area (Å²) in [5.74, 6) is 0. The fourth-order valence-electron chi connectivity index (χ4n) is 1.25. The fourth-order valence-corrected chi connectivity index (χ4v) is 2.59. The number of benzene rings is 1. The highest BCUT2D eigenvalue weighted by Crippen LogP contribution is 2.37. The Kier molecular flexibility index (Phi) is 1.74. The van der Waals surface area contributed by atoms with Gasteiger partial charge in [0.05, 0.1) is 10.7 Å². The van der Waals surface area contributed by atoms with Crippen molar-refractivity contribution in [1.82, 2.24) is 0 Å². The summed E-state index contributed by atoms with van der Waals surface area (Å²) in [5, 5.41) is 1.75. The molecule has 0 amide bonds. The van der Waals surface area contributed by atoms with Crippen LogP contribution in [0, 0.1) is 6.92 Å². The zero-order valence-corrected chi connectivity index (χ0v) is 8.17. The molecule has 62 valence electrons. The summed E-state index contributed by atoms with van der Waals surface area (Å²) in [6, 6.07) is 5.85. The van der Waals surface area contributed by atoms with E-state index in [-0.39, 0.29) is 0 Å². The van der Waals surface area contributed by atoms with Crippen molar-refractivity contribution in [2.45, 2.75) is 6.92 Å². The second-order valence-electron chi connectivity index (χ2n) is 2.68. The lowest BCUT2D eigenvalue weighted by molar-refractivity contribution is 1.64. The molecule has 0 aliphatic heterocycles. The average Bonchev–Trinajstić information content (AvgIpc) is 2.29. The molecule has 0 aliphatic carbocycles. The lowest BCUT2D eigenvalue weighted by Gasteiger charge is -1.94. The number of hydrogen-bond acceptors (Lipinski definition) is 2. The Morgan fingerprint density at radius 2 is 2.17 bits per heavy atom. The Bertz CT molecular complexity index is 433. The molecule has 0 spiro atoms. The first-order valence-electron chi connectivity index (χ1n) is 3.63. The molecule has 0 unspecified atom stereocenters. The number of thiophene rings is 1. The minimum Gasteiger partial charge on any atom is -0.397 e. The van der Waals surface area contributed by atoms with Crippen LogP contribution >= 0.6 is 22.9 Å². The molecule has 0 radical (unpaired) electrons. The van der Waals surface area contributed by atoms with Gasteiger partial charge in [-0.05, 0) is 19.1 Å². The Morgan fingerprint density at radius 3 is 2.83 bits per heavy atom. The summed E-state index contributed by atoms with van der Waals surface area (Å²) < 4.78 is 1.16. The van der Waals surface area contributed by atoms with Gasteiger partial charge in [-0.3, -0.25) is 0 Å². The number of anilines is 1. The van der Waals surface area contributed by atoms with Crippen LogP contribution in [-0.2, 0) is 0 Å². The second kappa shape index (κ2) is 2.64. The fraction of sp³-hybridized carbons (Fsp3) is 0.111. The van der Waals surface area contributed by atoms with Gasteiger partial charge in [0.15, 0.2) is 0 Å². The summed E-state index contributed by atoms with van der Waals surface area (Å²) in [4.78, 5) is 1.14. The van der Waals surface area contributed by atoms with E-state index in [2.05, 4.69) is 0 Å². The SMILES string of the molecule is Cc1sc2cccc(Cl)c2c1N. The van der Waals surface area contributed by atoms with Crippen molar-refractivity contribution in [1.29, 1.82) is 0 Å². The summed E-state index contributed by atoms with van der Waals surface area (Å²) in [7, 11) is 0. The standard InChI is InChI=1S/C9H8ClNS/c1-5-9(11)8-6(10)3-2-4-7(8)12-5/h2-4H,11H2,1H3. The number of hydrogen-bond donors (Lipinski definition) is 1. The number of nitrogens with two attached hydrogens (primary N) is 1. The van der Waals surface area contributed by atoms with E-state index < -0.39 is 0 Å². The Balaban J connectivity index is 2.97. The summed E-state index contributed by atoms with van der Waals surface area (Å²) in [6.07, 6.45) is 0. The van der Waals surface area contributed by atoms with Crippen molar-refractivity contribution in [2.24, 2.45) is 0 Å². The van der Waals surface area contributed by atoms with Crippen LogP contribution in [0.5, 0.6) is 0 Å². The van der Waals surface area contributed by atoms with Crippen molar-refractivity contribution < 1.29 is 0 Å². The Morgan fingerprint density at radius 1 is 1.42 bits per heavy atom. The summed E-state index contributed by atoms with van der Waals surface area (Å²) in [5.41, 5.74) is 6.69. The molecular weight excluding hydrogens is 190 g/mol. The third-order valence-corrected chi connectivity index (χ3v) is 3.29. The van der Waals surface area contributed by atoms with Crippen LogP contribution in [-0.4, -0.2) is 0 Å². The number of fused-ring (bicyclic) bond motifs is 1. The van der Waals surface area contributed by atoms with E-state index in [4.69, 9.17) is 17.3 Å². The van der Waals surface area contributed by atoms with Crippen LogP contribution in [0.2, 0.25) is 5.02 Å². The minimum absolute atomic E-state index is 0.745. The Labute approximate surface area is 79.8 Å². The molecule has 12 heavy (non-hydrogen) atoms. The molecule has 1 nitrogen and oxygen atoms in total. The minimum atomic E-state index is 0.745. The van der Waals surface area contributed by atoms with Crippen molar-refractivity contribution in [3.05, 3.63) is 28.1 Å². The monoisotopic (exact) mass is 197 g/mol. The van der Waals surface area contributed by atoms with Gasteiger partial charge in [-0.2, -0.15) is 0 Å². The first-order valence-corrected chi connectivity index (χ1v) is 4.82. The number of nitrogen functional groups attached to an aromatic ring is 1. The highest BCUT2D eigenvalue weighted by Gasteiger charge is 2.07. The van der Waals surface area contributed by atoms with Crippen LogP contribution in [0.3, 0.4) is 0 Å². The summed E-state index contributed by atoms with van der Waals surface area (Å²) in [6.45, 7) is 2.01. The molecule has 0 aliphatic rings. The number of aryl methyl sites for hydroxylation is 1. The molecule has 0 saturated heterocycles. The van der Waals surface area contributed by atoms with Gasteiger partial charge in [0.1, 0.15) is 0 Å². The topological polar surface area (TPSA) is 26.0 Å². The molecule has 2 N–H and O–H groups in total. The van der Waals surface area contributed by atoms with E-state index in [1.54, 1.807) is 11.3 Å². The highest BCUT2D eigenvalue weighted by atomic mass is 35.5. The zero-order valence-electron chi connectivity index (χ0n) is 6.60. The summed E-state index contributed by atoms with van der Waals surface area (Å²) >= 11 is 7.69. The highest BCUT2D eigenvalue weighted by molar-refractivity contribution is 7.19. The second-order valence-corrected chi connectivity index (χ2v) is 4.35. The van der Waals surface area contributed by atoms with Crippen molar-refractivity contribution in [2.75, 3.05) is 5.73 Å². The smallest absolute Gasteiger partial charge is 0.0547 e. The third kappa shape index (κ3) is 0.993. The Hall–Kier alpha value is -0.730. The van der Waals surface area contributed by atoms with Crippen molar-refractivity contribution in [3.8, 4) is 0 Å². The van der Waals surface area contributed by atoms with E-state index in [1.807, 2.05) is 25.1 Å². The largest absolute Gasteiger partial charge is 0.397 e. The first kappa shape index (κ1) is 7.90. The van der Waals surface area contributed by atoms with E-state index in [0.29, 0.717) is 0 Å². The van der Waals surface area contributed by atoms with E-state index in [1.165, 1.54) is 0 Å². The molecule has 3 heteroatoms. The van der Waals surface area contributed by atoms with Gasteiger partial charge >= 0.3 is 0 Å². The molecule has 2 aromatic rings. The third-order valence-electron chi connectivity index (χ3n) is 1.89. The maximum atomic E-state index is 6.00. The van der Waals surface area contributed by atoms with Gasteiger partial charge in [-0.1, -0.05) is 17.7 Å². The maximum Gasteiger partial charge on any atom is 0.0547 e. The molecule has 1 aromatic carbocycles. The number of halogens is 1. The number of rotatable bonds is 0. The van der Waals surface area contributed by atoms with Gasteiger partial charge in [-0.15, -0.1) is 11.3 Å². The zero-order chi connectivity index (χ0) is 8.72. The van der Waals surface area contributed by atoms with Crippen LogP contribution in [0.25, 0.3) is 10.1 Å². The molecule has 0 saturated carbocycles. The first-order chi connectivity index (χ1) is 5.70. The molecule has 0 fully saturated rings. The maximum absolute atomic E-state index is 6.00. The van der Waals surface area contributed by atoms with Crippen LogP contribution < -0.4 is 5.73 Å². The molecule has 1 aromatic heterocycles. The van der Waals surface area contributed by atoms with Gasteiger partial charge in [0.2, 0.25) is 0 Å². The molecule has 0 bridgehead atoms. The average molecular weight is 198 g/mol. The van der Waals surface area contributed by atoms with E-state index in [0.717, 1.165) is 25.7 Å². The molecule has 1 heterocycles. The van der Waals surface area contributed by atoms with Crippen LogP contribution in [0.1, 0.15) is 4.88 Å². The van der Waals surface area contributed by atoms with Crippen molar-refractivity contribution in [3.63, 3.8) is 0 Å². The van der Waals surface area contributed by atoms with E-state index in [9.17, 15) is 0 Å². The lowest BCUT2D eigenvalue weighted by atomic mass is 10.2. The lowest BCUT2D eigenvalue weighted by Crippen LogP contribution is -1.83.